The van der Waals surface area contributed by atoms with Crippen molar-refractivity contribution in [2.75, 3.05) is 25.0 Å². The highest BCUT2D eigenvalue weighted by Crippen LogP contribution is 2.30. The predicted octanol–water partition coefficient (Wildman–Crippen LogP) is 5.17. The lowest BCUT2D eigenvalue weighted by Gasteiger charge is -2.35. The number of nitrogens with two attached hydrogens (primary N) is 1. The summed E-state index contributed by atoms with van der Waals surface area (Å²) in [6.45, 7) is 0.264. The number of benzene rings is 3. The second-order valence-corrected chi connectivity index (χ2v) is 10.9. The Hall–Kier alpha value is -4.14. The molecule has 1 fully saturated rings. The van der Waals surface area contributed by atoms with Crippen LogP contribution < -0.4 is 21.7 Å². The molecule has 8 nitrogen and oxygen atoms in total. The Balaban J connectivity index is 1.38. The largest absolute Gasteiger partial charge is 0.448 e. The number of hydrogen-bond donors (Lipinski definition) is 4. The van der Waals surface area contributed by atoms with Crippen LogP contribution >= 0.6 is 0 Å². The number of carbonyl (C=O) groups is 2. The standard InChI is InChI=1S/C32H34F6N4O4/c1-18-27(16-45-31(44)41-17-32(36,37)38)40-15-23(46-18)13-14-24-25(35)3-2-4-26(24)42-30(43)29(39)28(19-5-9-21(33)10-6-19)20-7-11-22(34)12-8-20/h2-12,18,23,27-29,40H,13-17,39H2,1H3,(H,41,44)(H,42,43)/t18-,23-,27-,29?/m1/s1. The zero-order chi connectivity index (χ0) is 33.4. The molecule has 1 aliphatic rings. The molecule has 46 heavy (non-hydrogen) atoms. The molecule has 1 heterocycles. The van der Waals surface area contributed by atoms with Crippen molar-refractivity contribution in [3.63, 3.8) is 0 Å². The Morgan fingerprint density at radius 1 is 1.00 bits per heavy atom. The maximum atomic E-state index is 15.0. The first-order chi connectivity index (χ1) is 21.8. The summed E-state index contributed by atoms with van der Waals surface area (Å²) < 4.78 is 90.0. The first-order valence-electron chi connectivity index (χ1n) is 14.5. The molecule has 0 radical (unpaired) electrons. The summed E-state index contributed by atoms with van der Waals surface area (Å²) in [5.74, 6) is -2.93. The number of morpholine rings is 1. The van der Waals surface area contributed by atoms with E-state index in [1.165, 1.54) is 66.7 Å². The SMILES string of the molecule is C[C@H]1O[C@H](CCc2c(F)cccc2NC(=O)C(N)C(c2ccc(F)cc2)c2ccc(F)cc2)CN[C@@H]1COC(=O)NCC(F)(F)F. The van der Waals surface area contributed by atoms with Gasteiger partial charge in [-0.25, -0.2) is 18.0 Å². The number of carbonyl (C=O) groups excluding carboxylic acids is 2. The van der Waals surface area contributed by atoms with E-state index in [0.717, 1.165) is 0 Å². The van der Waals surface area contributed by atoms with Crippen LogP contribution in [0.4, 0.5) is 36.8 Å². The highest BCUT2D eigenvalue weighted by Gasteiger charge is 2.32. The molecule has 2 amide bonds. The van der Waals surface area contributed by atoms with Crippen molar-refractivity contribution in [2.24, 2.45) is 5.73 Å². The summed E-state index contributed by atoms with van der Waals surface area (Å²) in [7, 11) is 0. The molecule has 5 N–H and O–H groups in total. The maximum Gasteiger partial charge on any atom is 0.407 e. The van der Waals surface area contributed by atoms with Crippen molar-refractivity contribution >= 4 is 17.7 Å². The molecule has 0 aliphatic carbocycles. The molecule has 4 atom stereocenters. The van der Waals surface area contributed by atoms with E-state index in [2.05, 4.69) is 10.6 Å². The van der Waals surface area contributed by atoms with Gasteiger partial charge in [0.25, 0.3) is 0 Å². The van der Waals surface area contributed by atoms with E-state index in [9.17, 15) is 31.5 Å². The van der Waals surface area contributed by atoms with Crippen LogP contribution in [-0.4, -0.2) is 62.2 Å². The molecule has 0 saturated carbocycles. The number of rotatable bonds is 11. The third-order valence-electron chi connectivity index (χ3n) is 7.62. The van der Waals surface area contributed by atoms with E-state index in [4.69, 9.17) is 15.2 Å². The predicted molar refractivity (Wildman–Crippen MR) is 158 cm³/mol. The Bertz CT molecular complexity index is 1430. The average molecular weight is 653 g/mol. The van der Waals surface area contributed by atoms with Gasteiger partial charge in [-0.3, -0.25) is 4.79 Å². The van der Waals surface area contributed by atoms with Gasteiger partial charge >= 0.3 is 12.3 Å². The molecule has 0 spiro atoms. The van der Waals surface area contributed by atoms with Gasteiger partial charge < -0.3 is 31.2 Å². The van der Waals surface area contributed by atoms with E-state index in [0.29, 0.717) is 24.1 Å². The molecule has 4 rings (SSSR count). The lowest BCUT2D eigenvalue weighted by atomic mass is 9.85. The molecule has 3 aromatic rings. The summed E-state index contributed by atoms with van der Waals surface area (Å²) in [4.78, 5) is 25.0. The van der Waals surface area contributed by atoms with Gasteiger partial charge in [0.2, 0.25) is 5.91 Å². The van der Waals surface area contributed by atoms with Crippen molar-refractivity contribution in [2.45, 2.75) is 56.2 Å². The molecule has 3 aromatic carbocycles. The minimum absolute atomic E-state index is 0.164. The van der Waals surface area contributed by atoms with Gasteiger partial charge in [-0.1, -0.05) is 30.3 Å². The fourth-order valence-electron chi connectivity index (χ4n) is 5.20. The summed E-state index contributed by atoms with van der Waals surface area (Å²) in [5, 5.41) is 7.47. The number of nitrogens with one attached hydrogen (secondary N) is 3. The minimum Gasteiger partial charge on any atom is -0.448 e. The first-order valence-corrected chi connectivity index (χ1v) is 14.5. The molecule has 0 aromatic heterocycles. The second kappa shape index (κ2) is 15.4. The quantitative estimate of drug-likeness (QED) is 0.213. The van der Waals surface area contributed by atoms with Crippen molar-refractivity contribution in [1.29, 1.82) is 0 Å². The number of halogens is 6. The lowest BCUT2D eigenvalue weighted by Crippen LogP contribution is -2.54. The Morgan fingerprint density at radius 3 is 2.17 bits per heavy atom. The summed E-state index contributed by atoms with van der Waals surface area (Å²) in [6.07, 6.45) is -6.14. The summed E-state index contributed by atoms with van der Waals surface area (Å²) in [5.41, 5.74) is 7.89. The monoisotopic (exact) mass is 652 g/mol. The Morgan fingerprint density at radius 2 is 1.61 bits per heavy atom. The number of amides is 2. The highest BCUT2D eigenvalue weighted by molar-refractivity contribution is 5.96. The highest BCUT2D eigenvalue weighted by atomic mass is 19.4. The minimum atomic E-state index is -4.56. The number of anilines is 1. The molecular weight excluding hydrogens is 618 g/mol. The topological polar surface area (TPSA) is 115 Å². The van der Waals surface area contributed by atoms with Crippen LogP contribution in [0.25, 0.3) is 0 Å². The normalized spacial score (nSPS) is 19.0. The number of alkyl halides is 3. The fraction of sp³-hybridized carbons (Fsp3) is 0.375. The van der Waals surface area contributed by atoms with Crippen LogP contribution in [0.3, 0.4) is 0 Å². The van der Waals surface area contributed by atoms with Crippen LogP contribution in [0.15, 0.2) is 66.7 Å². The fourth-order valence-corrected chi connectivity index (χ4v) is 5.20. The number of hydrogen-bond acceptors (Lipinski definition) is 6. The molecule has 1 saturated heterocycles. The molecule has 0 bridgehead atoms. The van der Waals surface area contributed by atoms with Crippen molar-refractivity contribution in [3.8, 4) is 0 Å². The number of ether oxygens (including phenoxy) is 2. The summed E-state index contributed by atoms with van der Waals surface area (Å²) in [6, 6.07) is 13.4. The van der Waals surface area contributed by atoms with Crippen LogP contribution in [-0.2, 0) is 20.7 Å². The summed E-state index contributed by atoms with van der Waals surface area (Å²) >= 11 is 0. The molecule has 248 valence electrons. The van der Waals surface area contributed by atoms with E-state index < -0.39 is 72.4 Å². The third-order valence-corrected chi connectivity index (χ3v) is 7.62. The van der Waals surface area contributed by atoms with Crippen LogP contribution in [0, 0.1) is 17.5 Å². The maximum absolute atomic E-state index is 15.0. The van der Waals surface area contributed by atoms with Crippen molar-refractivity contribution < 1.29 is 45.4 Å². The second-order valence-electron chi connectivity index (χ2n) is 10.9. The Kier molecular flexibility index (Phi) is 11.7. The molecule has 14 heteroatoms. The van der Waals surface area contributed by atoms with E-state index in [1.807, 2.05) is 0 Å². The molecular formula is C32H34F6N4O4. The van der Waals surface area contributed by atoms with Gasteiger partial charge in [0.05, 0.1) is 24.3 Å². The first kappa shape index (κ1) is 34.7. The van der Waals surface area contributed by atoms with E-state index in [-0.39, 0.29) is 24.3 Å². The molecule has 1 aliphatic heterocycles. The smallest absolute Gasteiger partial charge is 0.407 e. The van der Waals surface area contributed by atoms with Gasteiger partial charge in [-0.05, 0) is 67.3 Å². The zero-order valence-corrected chi connectivity index (χ0v) is 24.8. The van der Waals surface area contributed by atoms with E-state index >= 15 is 4.39 Å². The van der Waals surface area contributed by atoms with Gasteiger partial charge in [0.15, 0.2) is 0 Å². The van der Waals surface area contributed by atoms with Gasteiger partial charge in [-0.15, -0.1) is 0 Å². The lowest BCUT2D eigenvalue weighted by molar-refractivity contribution is -0.124. The van der Waals surface area contributed by atoms with Gasteiger partial charge in [-0.2, -0.15) is 13.2 Å². The molecule has 1 unspecified atom stereocenters. The van der Waals surface area contributed by atoms with Gasteiger partial charge in [0.1, 0.15) is 30.6 Å². The van der Waals surface area contributed by atoms with Crippen LogP contribution in [0.5, 0.6) is 0 Å². The average Bonchev–Trinajstić information content (AvgIpc) is 3.01. The van der Waals surface area contributed by atoms with Crippen LogP contribution in [0.1, 0.15) is 36.0 Å². The third kappa shape index (κ3) is 9.68. The van der Waals surface area contributed by atoms with Crippen molar-refractivity contribution in [1.82, 2.24) is 10.6 Å². The number of alkyl carbamates (subject to hydrolysis) is 1. The van der Waals surface area contributed by atoms with Crippen molar-refractivity contribution in [3.05, 3.63) is 101 Å². The van der Waals surface area contributed by atoms with Crippen LogP contribution in [0.2, 0.25) is 0 Å². The van der Waals surface area contributed by atoms with E-state index in [1.54, 1.807) is 12.2 Å². The zero-order valence-electron chi connectivity index (χ0n) is 24.8. The van der Waals surface area contributed by atoms with Gasteiger partial charge in [0, 0.05) is 23.7 Å². The Labute approximate surface area is 261 Å².